The predicted molar refractivity (Wildman–Crippen MR) is 125 cm³/mol. The molecule has 2 rings (SSSR count). The molecule has 0 fully saturated rings. The summed E-state index contributed by atoms with van der Waals surface area (Å²) in [7, 11) is 0. The monoisotopic (exact) mass is 424 g/mol. The van der Waals surface area contributed by atoms with Crippen LogP contribution in [0.2, 0.25) is 0 Å². The molecule has 2 aromatic carbocycles. The summed E-state index contributed by atoms with van der Waals surface area (Å²) in [5.41, 5.74) is 3.80. The number of rotatable bonds is 8. The van der Waals surface area contributed by atoms with E-state index in [9.17, 15) is 9.59 Å². The minimum absolute atomic E-state index is 0.116. The second-order valence-corrected chi connectivity index (χ2v) is 9.23. The number of hydrogen-bond donors (Lipinski definition) is 1. The van der Waals surface area contributed by atoms with Gasteiger partial charge in [0, 0.05) is 12.1 Å². The van der Waals surface area contributed by atoms with Crippen LogP contribution in [0.1, 0.15) is 56.4 Å². The van der Waals surface area contributed by atoms with Crippen molar-refractivity contribution in [2.45, 2.75) is 73.0 Å². The molecule has 1 atom stereocenters. The van der Waals surface area contributed by atoms with E-state index in [0.717, 1.165) is 22.3 Å². The fourth-order valence-corrected chi connectivity index (χ4v) is 3.35. The average Bonchev–Trinajstić information content (AvgIpc) is 2.68. The second-order valence-electron chi connectivity index (χ2n) is 9.23. The Kier molecular flexibility index (Phi) is 8.26. The molecular weight excluding hydrogens is 388 g/mol. The Balaban J connectivity index is 2.26. The average molecular weight is 425 g/mol. The second kappa shape index (κ2) is 10.5. The van der Waals surface area contributed by atoms with Crippen LogP contribution in [0.5, 0.6) is 5.75 Å². The van der Waals surface area contributed by atoms with Gasteiger partial charge < -0.3 is 15.0 Å². The van der Waals surface area contributed by atoms with Crippen LogP contribution in [0, 0.1) is 20.8 Å². The van der Waals surface area contributed by atoms with E-state index in [1.165, 1.54) is 0 Å². The van der Waals surface area contributed by atoms with Gasteiger partial charge in [0.2, 0.25) is 5.91 Å². The fourth-order valence-electron chi connectivity index (χ4n) is 3.35. The van der Waals surface area contributed by atoms with Gasteiger partial charge in [-0.25, -0.2) is 0 Å². The van der Waals surface area contributed by atoms with Crippen molar-refractivity contribution in [1.29, 1.82) is 0 Å². The first kappa shape index (κ1) is 24.4. The minimum atomic E-state index is -0.574. The maximum absolute atomic E-state index is 13.3. The number of carbonyl (C=O) groups excluding carboxylic acids is 2. The quantitative estimate of drug-likeness (QED) is 0.667. The molecule has 1 N–H and O–H groups in total. The molecular formula is C26H36N2O3. The van der Waals surface area contributed by atoms with Crippen molar-refractivity contribution in [1.82, 2.24) is 10.2 Å². The van der Waals surface area contributed by atoms with E-state index < -0.39 is 6.04 Å². The van der Waals surface area contributed by atoms with E-state index in [1.807, 2.05) is 90.9 Å². The number of amides is 2. The van der Waals surface area contributed by atoms with Crippen LogP contribution in [-0.4, -0.2) is 34.9 Å². The Hall–Kier alpha value is -2.82. The lowest BCUT2D eigenvalue weighted by atomic mass is 10.1. The number of nitrogens with zero attached hydrogens (tertiary/aromatic N) is 1. The maximum Gasteiger partial charge on any atom is 0.261 e. The number of carbonyl (C=O) groups is 2. The van der Waals surface area contributed by atoms with Crippen LogP contribution in [0.15, 0.2) is 42.5 Å². The zero-order valence-corrected chi connectivity index (χ0v) is 19.9. The Morgan fingerprint density at radius 3 is 2.19 bits per heavy atom. The topological polar surface area (TPSA) is 58.6 Å². The van der Waals surface area contributed by atoms with Gasteiger partial charge in [0.25, 0.3) is 5.91 Å². The van der Waals surface area contributed by atoms with Gasteiger partial charge in [0.15, 0.2) is 6.61 Å². The normalized spacial score (nSPS) is 12.2. The third-order valence-corrected chi connectivity index (χ3v) is 5.05. The summed E-state index contributed by atoms with van der Waals surface area (Å²) >= 11 is 0. The van der Waals surface area contributed by atoms with Gasteiger partial charge in [-0.05, 0) is 70.7 Å². The van der Waals surface area contributed by atoms with Crippen LogP contribution >= 0.6 is 0 Å². The van der Waals surface area contributed by atoms with Crippen LogP contribution in [-0.2, 0) is 16.1 Å². The lowest BCUT2D eigenvalue weighted by molar-refractivity contribution is -0.143. The molecule has 0 saturated heterocycles. The van der Waals surface area contributed by atoms with Crippen molar-refractivity contribution in [3.8, 4) is 5.75 Å². The molecule has 168 valence electrons. The van der Waals surface area contributed by atoms with Gasteiger partial charge in [0.05, 0.1) is 0 Å². The van der Waals surface area contributed by atoms with Crippen molar-refractivity contribution in [3.63, 3.8) is 0 Å². The highest BCUT2D eigenvalue weighted by Gasteiger charge is 2.30. The van der Waals surface area contributed by atoms with E-state index >= 15 is 0 Å². The molecule has 0 aliphatic heterocycles. The molecule has 2 amide bonds. The van der Waals surface area contributed by atoms with Crippen LogP contribution in [0.25, 0.3) is 0 Å². The summed E-state index contributed by atoms with van der Waals surface area (Å²) in [6, 6.07) is 13.4. The smallest absolute Gasteiger partial charge is 0.261 e. The third kappa shape index (κ3) is 7.42. The Labute approximate surface area is 186 Å². The molecule has 0 heterocycles. The summed E-state index contributed by atoms with van der Waals surface area (Å²) in [6.07, 6.45) is 0.517. The van der Waals surface area contributed by atoms with Crippen LogP contribution in [0.4, 0.5) is 0 Å². The van der Waals surface area contributed by atoms with E-state index in [2.05, 4.69) is 5.32 Å². The highest BCUT2D eigenvalue weighted by Crippen LogP contribution is 2.20. The van der Waals surface area contributed by atoms with E-state index in [0.29, 0.717) is 18.7 Å². The lowest BCUT2D eigenvalue weighted by Gasteiger charge is -2.33. The van der Waals surface area contributed by atoms with Crippen molar-refractivity contribution in [3.05, 3.63) is 64.7 Å². The first-order valence-electron chi connectivity index (χ1n) is 10.9. The minimum Gasteiger partial charge on any atom is -0.483 e. The molecule has 0 spiro atoms. The Bertz CT molecular complexity index is 898. The van der Waals surface area contributed by atoms with Crippen LogP contribution < -0.4 is 10.1 Å². The van der Waals surface area contributed by atoms with Gasteiger partial charge in [-0.1, -0.05) is 48.9 Å². The zero-order chi connectivity index (χ0) is 23.2. The van der Waals surface area contributed by atoms with Crippen molar-refractivity contribution in [2.75, 3.05) is 6.61 Å². The SMILES string of the molecule is CCC(C(=O)NC(C)(C)C)N(Cc1ccc(C)cc1)C(=O)COc1cc(C)ccc1C. The van der Waals surface area contributed by atoms with Gasteiger partial charge in [0.1, 0.15) is 11.8 Å². The van der Waals surface area contributed by atoms with Crippen molar-refractivity contribution < 1.29 is 14.3 Å². The largest absolute Gasteiger partial charge is 0.483 e. The van der Waals surface area contributed by atoms with Gasteiger partial charge in [-0.3, -0.25) is 9.59 Å². The van der Waals surface area contributed by atoms with Gasteiger partial charge in [-0.15, -0.1) is 0 Å². The summed E-state index contributed by atoms with van der Waals surface area (Å²) in [6.45, 7) is 13.9. The number of aryl methyl sites for hydroxylation is 3. The first-order valence-corrected chi connectivity index (χ1v) is 10.9. The van der Waals surface area contributed by atoms with E-state index in [4.69, 9.17) is 4.74 Å². The Morgan fingerprint density at radius 1 is 1.00 bits per heavy atom. The summed E-state index contributed by atoms with van der Waals surface area (Å²) in [5, 5.41) is 3.02. The number of hydrogen-bond acceptors (Lipinski definition) is 3. The summed E-state index contributed by atoms with van der Waals surface area (Å²) in [5.74, 6) is 0.329. The summed E-state index contributed by atoms with van der Waals surface area (Å²) in [4.78, 5) is 27.9. The number of benzene rings is 2. The molecule has 31 heavy (non-hydrogen) atoms. The molecule has 5 nitrogen and oxygen atoms in total. The molecule has 2 aromatic rings. The molecule has 0 bridgehead atoms. The van der Waals surface area contributed by atoms with Gasteiger partial charge in [-0.2, -0.15) is 0 Å². The highest BCUT2D eigenvalue weighted by molar-refractivity contribution is 5.88. The molecule has 0 radical (unpaired) electrons. The molecule has 5 heteroatoms. The predicted octanol–water partition coefficient (Wildman–Crippen LogP) is 4.71. The number of nitrogens with one attached hydrogen (secondary N) is 1. The third-order valence-electron chi connectivity index (χ3n) is 5.05. The van der Waals surface area contributed by atoms with Gasteiger partial charge >= 0.3 is 0 Å². The molecule has 0 saturated carbocycles. The van der Waals surface area contributed by atoms with Crippen LogP contribution in [0.3, 0.4) is 0 Å². The van der Waals surface area contributed by atoms with E-state index in [-0.39, 0.29) is 24.0 Å². The molecule has 0 aliphatic carbocycles. The van der Waals surface area contributed by atoms with Crippen molar-refractivity contribution in [2.24, 2.45) is 0 Å². The fraction of sp³-hybridized carbons (Fsp3) is 0.462. The molecule has 0 aliphatic rings. The zero-order valence-electron chi connectivity index (χ0n) is 19.9. The standard InChI is InChI=1S/C26H36N2O3/c1-8-22(25(30)27-26(5,6)7)28(16-21-13-10-18(2)11-14-21)24(29)17-31-23-15-19(3)9-12-20(23)4/h9-15,22H,8,16-17H2,1-7H3,(H,27,30). The van der Waals surface area contributed by atoms with Crippen molar-refractivity contribution >= 4 is 11.8 Å². The van der Waals surface area contributed by atoms with E-state index in [1.54, 1.807) is 4.90 Å². The Morgan fingerprint density at radius 2 is 1.61 bits per heavy atom. The molecule has 1 unspecified atom stereocenters. The first-order chi connectivity index (χ1) is 14.5. The number of ether oxygens (including phenoxy) is 1. The molecule has 0 aromatic heterocycles. The lowest BCUT2D eigenvalue weighted by Crippen LogP contribution is -2.54. The maximum atomic E-state index is 13.3. The highest BCUT2D eigenvalue weighted by atomic mass is 16.5. The summed E-state index contributed by atoms with van der Waals surface area (Å²) < 4.78 is 5.87.